The Labute approximate surface area is 108 Å². The van der Waals surface area contributed by atoms with Crippen molar-refractivity contribution in [3.05, 3.63) is 0 Å². The highest BCUT2D eigenvalue weighted by atomic mass is 32.2. The van der Waals surface area contributed by atoms with E-state index in [4.69, 9.17) is 4.74 Å². The normalized spacial score (nSPS) is 28.2. The zero-order valence-corrected chi connectivity index (χ0v) is 12.1. The molecule has 0 saturated carbocycles. The predicted molar refractivity (Wildman–Crippen MR) is 72.4 cm³/mol. The molecule has 0 bridgehead atoms. The second-order valence-corrected chi connectivity index (χ2v) is 5.94. The molecular weight excluding hydrogens is 236 g/mol. The number of nitrogens with zero attached hydrogens (tertiary/aromatic N) is 1. The quantitative estimate of drug-likeness (QED) is 0.784. The minimum atomic E-state index is -0.408. The Morgan fingerprint density at radius 2 is 2.29 bits per heavy atom. The predicted octanol–water partition coefficient (Wildman–Crippen LogP) is 2.05. The number of thioether (sulfide) groups is 1. The largest absolute Gasteiger partial charge is 0.467 e. The fraction of sp³-hybridized carbons (Fsp3) is 0.833. The number of aliphatic imine (C=N–C) groups is 1. The number of esters is 1. The summed E-state index contributed by atoms with van der Waals surface area (Å²) >= 11 is 1.68. The van der Waals surface area contributed by atoms with Crippen LogP contribution in [0, 0.1) is 5.92 Å². The van der Waals surface area contributed by atoms with Crippen molar-refractivity contribution >= 4 is 22.9 Å². The Morgan fingerprint density at radius 1 is 1.65 bits per heavy atom. The maximum absolute atomic E-state index is 11.6. The van der Waals surface area contributed by atoms with E-state index in [0.717, 1.165) is 17.3 Å². The number of carbonyl (C=O) groups excluding carboxylic acids is 1. The van der Waals surface area contributed by atoms with Gasteiger partial charge in [0.1, 0.15) is 0 Å². The van der Waals surface area contributed by atoms with E-state index in [2.05, 4.69) is 24.2 Å². The summed E-state index contributed by atoms with van der Waals surface area (Å²) < 4.78 is 4.78. The van der Waals surface area contributed by atoms with Crippen LogP contribution < -0.4 is 5.32 Å². The number of methoxy groups -OCH3 is 1. The molecule has 0 aromatic rings. The van der Waals surface area contributed by atoms with Gasteiger partial charge in [-0.1, -0.05) is 32.5 Å². The minimum Gasteiger partial charge on any atom is -0.467 e. The molecule has 5 heteroatoms. The Hall–Kier alpha value is -0.710. The lowest BCUT2D eigenvalue weighted by molar-refractivity contribution is -0.143. The van der Waals surface area contributed by atoms with E-state index in [1.807, 2.05) is 13.8 Å². The van der Waals surface area contributed by atoms with Crippen molar-refractivity contribution in [2.75, 3.05) is 12.9 Å². The molecule has 1 N–H and O–H groups in total. The number of amidine groups is 1. The number of ether oxygens (including phenoxy) is 1. The third-order valence-electron chi connectivity index (χ3n) is 3.05. The number of carbonyl (C=O) groups is 1. The van der Waals surface area contributed by atoms with Gasteiger partial charge in [-0.2, -0.15) is 0 Å². The highest BCUT2D eigenvalue weighted by molar-refractivity contribution is 8.14. The fourth-order valence-electron chi connectivity index (χ4n) is 1.54. The van der Waals surface area contributed by atoms with Crippen LogP contribution in [0.25, 0.3) is 0 Å². The van der Waals surface area contributed by atoms with E-state index in [0.29, 0.717) is 0 Å². The van der Waals surface area contributed by atoms with Crippen LogP contribution in [0.4, 0.5) is 0 Å². The van der Waals surface area contributed by atoms with Gasteiger partial charge in [0, 0.05) is 11.3 Å². The highest BCUT2D eigenvalue weighted by Gasteiger charge is 2.32. The zero-order valence-electron chi connectivity index (χ0n) is 11.2. The first-order valence-corrected chi connectivity index (χ1v) is 6.97. The maximum Gasteiger partial charge on any atom is 0.330 e. The van der Waals surface area contributed by atoms with Gasteiger partial charge in [0.25, 0.3) is 0 Å². The topological polar surface area (TPSA) is 50.7 Å². The summed E-state index contributed by atoms with van der Waals surface area (Å²) in [7, 11) is 1.41. The van der Waals surface area contributed by atoms with Crippen LogP contribution in [0.15, 0.2) is 4.99 Å². The molecule has 0 aliphatic carbocycles. The second kappa shape index (κ2) is 5.76. The van der Waals surface area contributed by atoms with E-state index in [-0.39, 0.29) is 17.4 Å². The molecule has 4 nitrogen and oxygen atoms in total. The van der Waals surface area contributed by atoms with Gasteiger partial charge in [-0.3, -0.25) is 0 Å². The minimum absolute atomic E-state index is 0.0984. The SMILES string of the molecule is CCC1(C)CSC(=NC(C(=O)OC)C(C)C)N1. The number of hydrogen-bond donors (Lipinski definition) is 1. The molecule has 0 radical (unpaired) electrons. The lowest BCUT2D eigenvalue weighted by Crippen LogP contribution is -2.40. The van der Waals surface area contributed by atoms with Crippen LogP contribution in [0.2, 0.25) is 0 Å². The molecule has 1 rings (SSSR count). The monoisotopic (exact) mass is 258 g/mol. The summed E-state index contributed by atoms with van der Waals surface area (Å²) in [5.74, 6) is 0.875. The molecule has 1 fully saturated rings. The lowest BCUT2D eigenvalue weighted by atomic mass is 10.0. The van der Waals surface area contributed by atoms with E-state index in [9.17, 15) is 4.79 Å². The zero-order chi connectivity index (χ0) is 13.1. The second-order valence-electron chi connectivity index (χ2n) is 4.97. The fourth-order valence-corrected chi connectivity index (χ4v) is 2.78. The highest BCUT2D eigenvalue weighted by Crippen LogP contribution is 2.26. The van der Waals surface area contributed by atoms with Crippen molar-refractivity contribution in [2.24, 2.45) is 10.9 Å². The van der Waals surface area contributed by atoms with Crippen molar-refractivity contribution in [1.29, 1.82) is 0 Å². The van der Waals surface area contributed by atoms with E-state index >= 15 is 0 Å². The first-order chi connectivity index (χ1) is 7.91. The van der Waals surface area contributed by atoms with Crippen LogP contribution in [0.5, 0.6) is 0 Å². The number of hydrogen-bond acceptors (Lipinski definition) is 4. The molecule has 2 unspecified atom stereocenters. The smallest absolute Gasteiger partial charge is 0.330 e. The van der Waals surface area contributed by atoms with Gasteiger partial charge in [0.15, 0.2) is 11.2 Å². The molecule has 2 atom stereocenters. The van der Waals surface area contributed by atoms with Crippen molar-refractivity contribution < 1.29 is 9.53 Å². The van der Waals surface area contributed by atoms with Crippen LogP contribution in [0.1, 0.15) is 34.1 Å². The van der Waals surface area contributed by atoms with Gasteiger partial charge in [0.2, 0.25) is 0 Å². The maximum atomic E-state index is 11.6. The summed E-state index contributed by atoms with van der Waals surface area (Å²) in [5, 5.41) is 4.25. The van der Waals surface area contributed by atoms with Crippen molar-refractivity contribution in [1.82, 2.24) is 5.32 Å². The van der Waals surface area contributed by atoms with Gasteiger partial charge >= 0.3 is 5.97 Å². The Kier molecular flexibility index (Phi) is 4.86. The van der Waals surface area contributed by atoms with Crippen LogP contribution in [0.3, 0.4) is 0 Å². The van der Waals surface area contributed by atoms with E-state index in [1.165, 1.54) is 7.11 Å². The molecule has 0 aromatic carbocycles. The van der Waals surface area contributed by atoms with Gasteiger partial charge in [-0.05, 0) is 19.3 Å². The summed E-state index contributed by atoms with van der Waals surface area (Å²) in [5.41, 5.74) is 0.0984. The van der Waals surface area contributed by atoms with Crippen LogP contribution in [-0.2, 0) is 9.53 Å². The molecule has 0 aromatic heterocycles. The van der Waals surface area contributed by atoms with Gasteiger partial charge in [-0.15, -0.1) is 0 Å². The summed E-state index contributed by atoms with van der Waals surface area (Å²) in [6, 6.07) is -0.408. The Bertz CT molecular complexity index is 318. The molecule has 0 spiro atoms. The first kappa shape index (κ1) is 14.4. The van der Waals surface area contributed by atoms with Crippen molar-refractivity contribution in [2.45, 2.75) is 45.7 Å². The summed E-state index contributed by atoms with van der Waals surface area (Å²) in [6.07, 6.45) is 1.05. The third kappa shape index (κ3) is 3.63. The Balaban J connectivity index is 2.77. The molecule has 1 saturated heterocycles. The molecule has 17 heavy (non-hydrogen) atoms. The first-order valence-electron chi connectivity index (χ1n) is 5.98. The van der Waals surface area contributed by atoms with Crippen LogP contribution >= 0.6 is 11.8 Å². The average Bonchev–Trinajstić information content (AvgIpc) is 2.67. The van der Waals surface area contributed by atoms with Gasteiger partial charge < -0.3 is 10.1 Å². The van der Waals surface area contributed by atoms with Crippen molar-refractivity contribution in [3.8, 4) is 0 Å². The molecule has 98 valence electrons. The lowest BCUT2D eigenvalue weighted by Gasteiger charge is -2.21. The molecule has 0 amide bonds. The van der Waals surface area contributed by atoms with E-state index in [1.54, 1.807) is 11.8 Å². The van der Waals surface area contributed by atoms with Gasteiger partial charge in [0.05, 0.1) is 7.11 Å². The molecule has 1 heterocycles. The number of rotatable bonds is 4. The molecular formula is C12H22N2O2S. The van der Waals surface area contributed by atoms with E-state index < -0.39 is 6.04 Å². The molecule has 1 aliphatic heterocycles. The molecule has 1 aliphatic rings. The van der Waals surface area contributed by atoms with Crippen molar-refractivity contribution in [3.63, 3.8) is 0 Å². The third-order valence-corrected chi connectivity index (χ3v) is 4.31. The van der Waals surface area contributed by atoms with Crippen LogP contribution in [-0.4, -0.2) is 35.6 Å². The Morgan fingerprint density at radius 3 is 2.71 bits per heavy atom. The van der Waals surface area contributed by atoms with Gasteiger partial charge in [-0.25, -0.2) is 9.79 Å². The standard InChI is InChI=1S/C12H22N2O2S/c1-6-12(4)7-17-11(14-12)13-9(8(2)3)10(15)16-5/h8-9H,6-7H2,1-5H3,(H,13,14). The number of nitrogens with one attached hydrogen (secondary N) is 1. The summed E-state index contributed by atoms with van der Waals surface area (Å²) in [6.45, 7) is 8.27. The summed E-state index contributed by atoms with van der Waals surface area (Å²) in [4.78, 5) is 16.1. The average molecular weight is 258 g/mol.